The average Bonchev–Trinajstić information content (AvgIpc) is 3.65. The van der Waals surface area contributed by atoms with Gasteiger partial charge < -0.3 is 24.8 Å². The minimum atomic E-state index is 0. The van der Waals surface area contributed by atoms with Crippen LogP contribution in [-0.4, -0.2) is 3.21 Å². The molecular formula is C45H50Cl4Zr-2. The van der Waals surface area contributed by atoms with Crippen molar-refractivity contribution in [2.45, 2.75) is 86.5 Å². The molecule has 0 saturated carbocycles. The molecule has 0 heterocycles. The quantitative estimate of drug-likeness (QED) is 0.163. The van der Waals surface area contributed by atoms with Crippen molar-refractivity contribution in [2.75, 3.05) is 0 Å². The van der Waals surface area contributed by atoms with Gasteiger partial charge in [-0.3, -0.25) is 6.08 Å². The van der Waals surface area contributed by atoms with Gasteiger partial charge in [0.15, 0.2) is 0 Å². The van der Waals surface area contributed by atoms with Crippen LogP contribution in [0, 0.1) is 17.4 Å². The van der Waals surface area contributed by atoms with E-state index in [1.807, 2.05) is 36.4 Å². The van der Waals surface area contributed by atoms with E-state index in [9.17, 15) is 0 Å². The zero-order valence-electron chi connectivity index (χ0n) is 31.1. The molecule has 0 fully saturated rings. The summed E-state index contributed by atoms with van der Waals surface area (Å²) in [7, 11) is 0. The Balaban J connectivity index is 0.000000268. The molecule has 1 atom stereocenters. The Labute approximate surface area is 339 Å². The summed E-state index contributed by atoms with van der Waals surface area (Å²) in [6.45, 7) is 22.6. The maximum Gasteiger partial charge on any atom is -1.00 e. The first kappa shape index (κ1) is 44.3. The summed E-state index contributed by atoms with van der Waals surface area (Å²) in [5.41, 5.74) is 7.26. The number of benzene rings is 4. The van der Waals surface area contributed by atoms with E-state index in [2.05, 4.69) is 142 Å². The first-order valence-corrected chi connectivity index (χ1v) is 18.9. The van der Waals surface area contributed by atoms with Crippen molar-refractivity contribution in [1.82, 2.24) is 0 Å². The summed E-state index contributed by atoms with van der Waals surface area (Å²) < 4.78 is 1.26. The summed E-state index contributed by atoms with van der Waals surface area (Å²) in [6.07, 6.45) is 9.00. The normalized spacial score (nSPS) is 14.1. The summed E-state index contributed by atoms with van der Waals surface area (Å²) >= 11 is 13.3. The van der Waals surface area contributed by atoms with Crippen LogP contribution >= 0.6 is 23.2 Å². The zero-order valence-corrected chi connectivity index (χ0v) is 36.6. The van der Waals surface area contributed by atoms with Crippen LogP contribution < -0.4 is 24.8 Å². The molecule has 0 bridgehead atoms. The largest absolute Gasteiger partial charge is 1.00 e. The molecule has 0 radical (unpaired) electrons. The third kappa shape index (κ3) is 11.8. The Morgan fingerprint density at radius 1 is 0.660 bits per heavy atom. The van der Waals surface area contributed by atoms with Crippen molar-refractivity contribution in [2.24, 2.45) is 11.3 Å². The molecule has 50 heavy (non-hydrogen) atoms. The van der Waals surface area contributed by atoms with Crippen LogP contribution in [0.25, 0.3) is 21.5 Å². The predicted octanol–water partition coefficient (Wildman–Crippen LogP) is 7.78. The van der Waals surface area contributed by atoms with Crippen molar-refractivity contribution < 1.29 is 49.0 Å². The second-order valence-electron chi connectivity index (χ2n) is 15.8. The van der Waals surface area contributed by atoms with E-state index in [-0.39, 0.29) is 35.6 Å². The Bertz CT molecular complexity index is 1840. The minimum absolute atomic E-state index is 0. The van der Waals surface area contributed by atoms with Gasteiger partial charge in [0, 0.05) is 0 Å². The molecular weight excluding hydrogens is 774 g/mol. The van der Waals surface area contributed by atoms with E-state index in [4.69, 9.17) is 23.2 Å². The fourth-order valence-corrected chi connectivity index (χ4v) is 6.74. The third-order valence-corrected chi connectivity index (χ3v) is 10.7. The Kier molecular flexibility index (Phi) is 16.2. The third-order valence-electron chi connectivity index (χ3n) is 8.81. The first-order chi connectivity index (χ1) is 22.4. The van der Waals surface area contributed by atoms with E-state index in [0.717, 1.165) is 21.2 Å². The van der Waals surface area contributed by atoms with Gasteiger partial charge in [-0.1, -0.05) is 122 Å². The Morgan fingerprint density at radius 3 is 1.42 bits per heavy atom. The smallest absolute Gasteiger partial charge is 1.00 e. The molecule has 1 unspecified atom stereocenters. The molecule has 5 heteroatoms. The molecule has 0 saturated heterocycles. The molecule has 0 spiro atoms. The van der Waals surface area contributed by atoms with Crippen LogP contribution in [0.3, 0.4) is 0 Å². The molecule has 5 aromatic rings. The molecule has 1 aliphatic carbocycles. The van der Waals surface area contributed by atoms with Crippen LogP contribution in [0.15, 0.2) is 109 Å². The van der Waals surface area contributed by atoms with Gasteiger partial charge in [0.1, 0.15) is 0 Å². The Morgan fingerprint density at radius 2 is 1.10 bits per heavy atom. The maximum atomic E-state index is 5.98. The van der Waals surface area contributed by atoms with Crippen LogP contribution in [-0.2, 0) is 35.1 Å². The summed E-state index contributed by atoms with van der Waals surface area (Å²) in [4.78, 5) is 0. The SMILES string of the molecule is CC(C)(C)c1ccc2[cH-]c3ccc(C(C)(C)C)cc3c2c1.CCC1[C-]=CC(C(C)(C)C)=C1.Clc1cccc([C](=[Zr+2])c2cccc(Cl)c2)c1.[Cl-].[Cl-]. The van der Waals surface area contributed by atoms with Gasteiger partial charge in [0.25, 0.3) is 0 Å². The topological polar surface area (TPSA) is 0 Å². The fraction of sp³-hybridized carbons (Fsp3) is 0.333. The predicted molar refractivity (Wildman–Crippen MR) is 210 cm³/mol. The van der Waals surface area contributed by atoms with Crippen molar-refractivity contribution in [3.05, 3.63) is 147 Å². The molecule has 1 aliphatic rings. The van der Waals surface area contributed by atoms with E-state index in [0.29, 0.717) is 11.3 Å². The van der Waals surface area contributed by atoms with E-state index >= 15 is 0 Å². The molecule has 0 amide bonds. The van der Waals surface area contributed by atoms with E-state index in [1.54, 1.807) is 0 Å². The zero-order chi connectivity index (χ0) is 35.4. The van der Waals surface area contributed by atoms with Gasteiger partial charge in [-0.05, 0) is 10.8 Å². The van der Waals surface area contributed by atoms with Crippen LogP contribution in [0.5, 0.6) is 0 Å². The van der Waals surface area contributed by atoms with Crippen LogP contribution in [0.4, 0.5) is 0 Å². The maximum absolute atomic E-state index is 5.98. The summed E-state index contributed by atoms with van der Waals surface area (Å²) in [5, 5.41) is 7.01. The first-order valence-electron chi connectivity index (χ1n) is 16.9. The van der Waals surface area contributed by atoms with Crippen molar-refractivity contribution in [1.29, 1.82) is 0 Å². The van der Waals surface area contributed by atoms with E-state index < -0.39 is 0 Å². The van der Waals surface area contributed by atoms with Gasteiger partial charge >= 0.3 is 120 Å². The van der Waals surface area contributed by atoms with E-state index in [1.165, 1.54) is 72.1 Å². The van der Waals surface area contributed by atoms with Gasteiger partial charge in [-0.25, -0.2) is 6.08 Å². The number of halogens is 4. The van der Waals surface area contributed by atoms with Crippen LogP contribution in [0.1, 0.15) is 97.9 Å². The number of fused-ring (bicyclic) bond motifs is 3. The molecule has 5 aromatic carbocycles. The molecule has 0 nitrogen and oxygen atoms in total. The van der Waals surface area contributed by atoms with Crippen molar-refractivity contribution in [3.63, 3.8) is 0 Å². The Hall–Kier alpha value is -1.86. The number of allylic oxidation sites excluding steroid dienone is 4. The second-order valence-corrected chi connectivity index (χ2v) is 17.9. The summed E-state index contributed by atoms with van der Waals surface area (Å²) in [5.74, 6) is 0.573. The van der Waals surface area contributed by atoms with Crippen LogP contribution in [0.2, 0.25) is 10.0 Å². The molecule has 0 aliphatic heterocycles. The van der Waals surface area contributed by atoms with Gasteiger partial charge in [-0.2, -0.15) is 11.6 Å². The molecule has 0 aromatic heterocycles. The number of rotatable bonds is 3. The second kappa shape index (κ2) is 18.3. The average molecular weight is 824 g/mol. The van der Waals surface area contributed by atoms with Crippen molar-refractivity contribution >= 4 is 48.0 Å². The molecule has 0 N–H and O–H groups in total. The van der Waals surface area contributed by atoms with Gasteiger partial charge in [0.2, 0.25) is 0 Å². The molecule has 6 rings (SSSR count). The number of hydrogen-bond donors (Lipinski definition) is 0. The number of hydrogen-bond acceptors (Lipinski definition) is 0. The van der Waals surface area contributed by atoms with Gasteiger partial charge in [0.05, 0.1) is 0 Å². The fourth-order valence-electron chi connectivity index (χ4n) is 5.60. The minimum Gasteiger partial charge on any atom is -1.00 e. The monoisotopic (exact) mass is 820 g/mol. The summed E-state index contributed by atoms with van der Waals surface area (Å²) in [6, 6.07) is 31.9. The van der Waals surface area contributed by atoms with Crippen molar-refractivity contribution in [3.8, 4) is 0 Å². The standard InChI is InChI=1S/C21H25.C13H8Cl2.C11H17.2ClH.Zr/c1-20(2,3)16-9-7-14-11-15-8-10-17(21(4,5)6)13-19(15)18(14)12-16;14-12-5-1-3-10(8-12)7-11-4-2-6-13(15)9-11;1-5-9-6-7-10(8-9)11(2,3)4;;;/h7-13H,1-6H3;1-6,8-9H;7-9H,5H2,1-4H3;2*1H;/q-1;;-1;;;+2/p-2. The van der Waals surface area contributed by atoms with Gasteiger partial charge in [-0.15, -0.1) is 39.7 Å². The molecule has 264 valence electrons.